The van der Waals surface area contributed by atoms with Crippen molar-refractivity contribution in [2.24, 2.45) is 5.92 Å². The molecule has 1 unspecified atom stereocenters. The lowest BCUT2D eigenvalue weighted by Gasteiger charge is -2.13. The van der Waals surface area contributed by atoms with Crippen LogP contribution >= 0.6 is 0 Å². The van der Waals surface area contributed by atoms with Crippen LogP contribution in [0.4, 0.5) is 5.69 Å². The highest BCUT2D eigenvalue weighted by Gasteiger charge is 2.21. The van der Waals surface area contributed by atoms with Crippen molar-refractivity contribution in [3.63, 3.8) is 0 Å². The molecular formula is C14H22N2O4S. The van der Waals surface area contributed by atoms with Gasteiger partial charge in [0.1, 0.15) is 0 Å². The predicted molar refractivity (Wildman–Crippen MR) is 82.6 cm³/mol. The summed E-state index contributed by atoms with van der Waals surface area (Å²) in [5.41, 5.74) is 1.54. The molecule has 118 valence electrons. The van der Waals surface area contributed by atoms with Crippen molar-refractivity contribution < 1.29 is 17.9 Å². The second kappa shape index (κ2) is 7.99. The van der Waals surface area contributed by atoms with E-state index in [1.54, 1.807) is 19.1 Å². The van der Waals surface area contributed by atoms with Gasteiger partial charge in [-0.25, -0.2) is 8.42 Å². The first-order valence-corrected chi connectivity index (χ1v) is 8.33. The number of ether oxygens (including phenoxy) is 1. The second-order valence-corrected chi connectivity index (χ2v) is 6.70. The molecule has 0 spiro atoms. The minimum Gasteiger partial charge on any atom is -0.383 e. The van der Waals surface area contributed by atoms with E-state index in [-0.39, 0.29) is 11.7 Å². The molecule has 21 heavy (non-hydrogen) atoms. The molecule has 1 aromatic carbocycles. The number of sulfonamides is 1. The van der Waals surface area contributed by atoms with E-state index < -0.39 is 15.9 Å². The smallest absolute Gasteiger partial charge is 0.233 e. The van der Waals surface area contributed by atoms with Crippen molar-refractivity contribution in [2.45, 2.75) is 13.8 Å². The average Bonchev–Trinajstić information content (AvgIpc) is 2.40. The third kappa shape index (κ3) is 6.59. The zero-order valence-electron chi connectivity index (χ0n) is 12.5. The summed E-state index contributed by atoms with van der Waals surface area (Å²) in [4.78, 5) is 11.7. The van der Waals surface area contributed by atoms with E-state index in [1.807, 2.05) is 19.1 Å². The minimum atomic E-state index is -3.56. The maximum atomic E-state index is 12.0. The van der Waals surface area contributed by atoms with Gasteiger partial charge >= 0.3 is 0 Å². The maximum absolute atomic E-state index is 12.0. The maximum Gasteiger partial charge on any atom is 0.233 e. The fourth-order valence-corrected chi connectivity index (χ4v) is 3.09. The van der Waals surface area contributed by atoms with E-state index >= 15 is 0 Å². The van der Waals surface area contributed by atoms with Crippen molar-refractivity contribution in [2.75, 3.05) is 30.7 Å². The van der Waals surface area contributed by atoms with E-state index in [0.29, 0.717) is 18.8 Å². The molecule has 1 rings (SSSR count). The molecular weight excluding hydrogens is 292 g/mol. The van der Waals surface area contributed by atoms with Gasteiger partial charge in [0.2, 0.25) is 15.9 Å². The number of carbonyl (C=O) groups is 1. The highest BCUT2D eigenvalue weighted by atomic mass is 32.2. The molecule has 7 heteroatoms. The average molecular weight is 314 g/mol. The summed E-state index contributed by atoms with van der Waals surface area (Å²) in [7, 11) is -2.03. The van der Waals surface area contributed by atoms with E-state index in [2.05, 4.69) is 10.0 Å². The quantitative estimate of drug-likeness (QED) is 0.705. The van der Waals surface area contributed by atoms with Gasteiger partial charge in [-0.15, -0.1) is 0 Å². The first kappa shape index (κ1) is 17.5. The molecule has 2 N–H and O–H groups in total. The minimum absolute atomic E-state index is 0.264. The van der Waals surface area contributed by atoms with Crippen molar-refractivity contribution in [3.05, 3.63) is 29.8 Å². The summed E-state index contributed by atoms with van der Waals surface area (Å²) >= 11 is 0. The molecule has 0 saturated carbocycles. The molecule has 0 heterocycles. The molecule has 0 aliphatic heterocycles. The lowest BCUT2D eigenvalue weighted by Crippen LogP contribution is -2.36. The van der Waals surface area contributed by atoms with E-state index in [9.17, 15) is 13.2 Å². The molecule has 0 aromatic heterocycles. The Morgan fingerprint density at radius 2 is 1.90 bits per heavy atom. The van der Waals surface area contributed by atoms with Gasteiger partial charge in [0.05, 0.1) is 18.3 Å². The van der Waals surface area contributed by atoms with Crippen molar-refractivity contribution >= 4 is 21.6 Å². The molecule has 1 aromatic rings. The summed E-state index contributed by atoms with van der Waals surface area (Å²) < 4.78 is 31.3. The van der Waals surface area contributed by atoms with E-state index in [0.717, 1.165) is 5.56 Å². The molecule has 0 radical (unpaired) electrons. The van der Waals surface area contributed by atoms with Crippen LogP contribution in [0.2, 0.25) is 0 Å². The van der Waals surface area contributed by atoms with Gasteiger partial charge in [0, 0.05) is 19.3 Å². The van der Waals surface area contributed by atoms with Gasteiger partial charge in [0.25, 0.3) is 0 Å². The van der Waals surface area contributed by atoms with Crippen molar-refractivity contribution in [1.29, 1.82) is 0 Å². The fourth-order valence-electron chi connectivity index (χ4n) is 1.70. The zero-order chi connectivity index (χ0) is 15.9. The number of benzene rings is 1. The monoisotopic (exact) mass is 314 g/mol. The van der Waals surface area contributed by atoms with Gasteiger partial charge in [-0.2, -0.15) is 0 Å². The highest BCUT2D eigenvalue weighted by molar-refractivity contribution is 7.92. The van der Waals surface area contributed by atoms with Crippen molar-refractivity contribution in [1.82, 2.24) is 5.32 Å². The van der Waals surface area contributed by atoms with Crippen LogP contribution in [0.5, 0.6) is 0 Å². The number of hydrogen-bond donors (Lipinski definition) is 2. The van der Waals surface area contributed by atoms with Crippen LogP contribution in [-0.2, 0) is 19.6 Å². The zero-order valence-corrected chi connectivity index (χ0v) is 13.4. The topological polar surface area (TPSA) is 84.5 Å². The molecule has 0 aliphatic carbocycles. The molecule has 1 atom stereocenters. The summed E-state index contributed by atoms with van der Waals surface area (Å²) in [6.45, 7) is 4.26. The Morgan fingerprint density at radius 3 is 2.48 bits per heavy atom. The molecule has 0 aliphatic rings. The largest absolute Gasteiger partial charge is 0.383 e. The third-order valence-corrected chi connectivity index (χ3v) is 4.33. The summed E-state index contributed by atoms with van der Waals surface area (Å²) in [6.07, 6.45) is 0. The number of methoxy groups -OCH3 is 1. The lowest BCUT2D eigenvalue weighted by molar-refractivity contribution is -0.124. The lowest BCUT2D eigenvalue weighted by atomic mass is 10.2. The standard InChI is InChI=1S/C14H22N2O4S/c1-11-4-6-13(7-5-11)16-21(18,19)10-12(2)14(17)15-8-9-20-3/h4-7,12,16H,8-10H2,1-3H3,(H,15,17). The number of aryl methyl sites for hydroxylation is 1. The van der Waals surface area contributed by atoms with Crippen LogP contribution in [-0.4, -0.2) is 40.3 Å². The van der Waals surface area contributed by atoms with Gasteiger partial charge in [-0.1, -0.05) is 24.6 Å². The van der Waals surface area contributed by atoms with Crippen LogP contribution in [0.1, 0.15) is 12.5 Å². The summed E-state index contributed by atoms with van der Waals surface area (Å²) in [5.74, 6) is -1.20. The highest BCUT2D eigenvalue weighted by Crippen LogP contribution is 2.12. The number of carbonyl (C=O) groups excluding carboxylic acids is 1. The van der Waals surface area contributed by atoms with Crippen molar-refractivity contribution in [3.8, 4) is 0 Å². The number of nitrogens with one attached hydrogen (secondary N) is 2. The Bertz CT molecular complexity index is 555. The Labute approximate surface area is 125 Å². The van der Waals surface area contributed by atoms with E-state index in [4.69, 9.17) is 4.74 Å². The second-order valence-electron chi connectivity index (χ2n) is 4.93. The first-order chi connectivity index (χ1) is 9.84. The number of amides is 1. The number of rotatable bonds is 8. The molecule has 0 fully saturated rings. The summed E-state index contributed by atoms with van der Waals surface area (Å²) in [5, 5.41) is 2.62. The van der Waals surface area contributed by atoms with Gasteiger partial charge in [-0.05, 0) is 19.1 Å². The van der Waals surface area contributed by atoms with Gasteiger partial charge in [0.15, 0.2) is 0 Å². The van der Waals surface area contributed by atoms with Gasteiger partial charge < -0.3 is 10.1 Å². The van der Waals surface area contributed by atoms with Crippen LogP contribution in [0.15, 0.2) is 24.3 Å². The Morgan fingerprint density at radius 1 is 1.29 bits per heavy atom. The third-order valence-electron chi connectivity index (χ3n) is 2.85. The molecule has 6 nitrogen and oxygen atoms in total. The van der Waals surface area contributed by atoms with Crippen LogP contribution in [0.3, 0.4) is 0 Å². The molecule has 0 bridgehead atoms. The Balaban J connectivity index is 2.55. The fraction of sp³-hybridized carbons (Fsp3) is 0.500. The number of anilines is 1. The summed E-state index contributed by atoms with van der Waals surface area (Å²) in [6, 6.07) is 7.02. The first-order valence-electron chi connectivity index (χ1n) is 6.68. The van der Waals surface area contributed by atoms with Gasteiger partial charge in [-0.3, -0.25) is 9.52 Å². The van der Waals surface area contributed by atoms with Crippen LogP contribution in [0.25, 0.3) is 0 Å². The Hall–Kier alpha value is -1.60. The SMILES string of the molecule is COCCNC(=O)C(C)CS(=O)(=O)Nc1ccc(C)cc1. The van der Waals surface area contributed by atoms with Crippen LogP contribution < -0.4 is 10.0 Å². The Kier molecular flexibility index (Phi) is 6.64. The van der Waals surface area contributed by atoms with E-state index in [1.165, 1.54) is 7.11 Å². The molecule has 1 amide bonds. The normalized spacial score (nSPS) is 12.7. The van der Waals surface area contributed by atoms with Crippen LogP contribution in [0, 0.1) is 12.8 Å². The molecule has 0 saturated heterocycles. The number of hydrogen-bond acceptors (Lipinski definition) is 4. The predicted octanol–water partition coefficient (Wildman–Crippen LogP) is 1.14.